The molecular weight excluding hydrogens is 1090 g/mol. The first-order valence-electron chi connectivity index (χ1n) is 28.5. The SMILES string of the molecule is CC(=O)NC1C(OCCCCCCNC(=O)CCC(NC(=O)CCC(N)C(=O)NCCCCCCOC2OC(CO)C(O)C(O)C2NC(C)=O)C(=O)NCCCCCCOC2OC(CO)C(O)C(O)C2NC(C)=O)OC(CO)C(O)C1O. The van der Waals surface area contributed by atoms with Gasteiger partial charge in [-0.25, -0.2) is 0 Å². The van der Waals surface area contributed by atoms with Gasteiger partial charge < -0.3 is 117 Å². The molecule has 17 atom stereocenters. The maximum Gasteiger partial charge on any atom is 0.242 e. The van der Waals surface area contributed by atoms with Crippen LogP contribution in [0.3, 0.4) is 0 Å². The zero-order valence-corrected chi connectivity index (χ0v) is 47.4. The van der Waals surface area contributed by atoms with Crippen molar-refractivity contribution in [3.63, 3.8) is 0 Å². The van der Waals surface area contributed by atoms with Crippen molar-refractivity contribution in [1.82, 2.24) is 37.2 Å². The van der Waals surface area contributed by atoms with E-state index < -0.39 is 159 Å². The summed E-state index contributed by atoms with van der Waals surface area (Å²) in [6, 6.07) is -5.31. The molecule has 0 bridgehead atoms. The number of aliphatic hydroxyl groups is 9. The normalized spacial score (nSPS) is 28.9. The molecule has 0 aromatic heterocycles. The molecule has 3 aliphatic rings. The molecule has 0 spiro atoms. The number of nitrogens with one attached hydrogen (secondary N) is 7. The highest BCUT2D eigenvalue weighted by Gasteiger charge is 2.47. The fourth-order valence-electron chi connectivity index (χ4n) is 9.40. The highest BCUT2D eigenvalue weighted by molar-refractivity contribution is 5.89. The summed E-state index contributed by atoms with van der Waals surface area (Å²) in [5.74, 6) is -3.33. The zero-order valence-electron chi connectivity index (χ0n) is 47.4. The molecule has 3 saturated heterocycles. The summed E-state index contributed by atoms with van der Waals surface area (Å²) in [5.41, 5.74) is 6.12. The second-order valence-corrected chi connectivity index (χ2v) is 20.9. The third kappa shape index (κ3) is 25.5. The van der Waals surface area contributed by atoms with Gasteiger partial charge in [0.05, 0.1) is 25.9 Å². The summed E-state index contributed by atoms with van der Waals surface area (Å²) >= 11 is 0. The standard InChI is InChI=1S/C52H94N8O22/c1-29(64)57-39-45(72)42(69)34(26-61)80-50(39)77-23-13-7-4-10-20-54-37(67)19-17-33(49(76)56-22-12-6-9-15-25-79-52-41(59-31(3)66)47(74)44(71)36(28-63)82-52)60-38(68)18-16-32(53)48(75)55-21-11-5-8-14-24-78-51-40(58-30(2)65)46(73)43(70)35(27-62)81-51/h32-36,39-47,50-52,61-63,69-74H,4-28,53H2,1-3H3,(H,54,67)(H,55,75)(H,56,76)(H,57,64)(H,58,65)(H,59,66)(H,60,68). The second kappa shape index (κ2) is 39.3. The van der Waals surface area contributed by atoms with Gasteiger partial charge in [0, 0.05) is 73.1 Å². The molecule has 30 heteroatoms. The number of carbonyl (C=O) groups is 7. The van der Waals surface area contributed by atoms with E-state index in [0.29, 0.717) is 90.1 Å². The number of aliphatic hydroxyl groups excluding tert-OH is 9. The van der Waals surface area contributed by atoms with Crippen LogP contribution in [0.2, 0.25) is 0 Å². The average molecular weight is 1180 g/mol. The average Bonchev–Trinajstić information content (AvgIpc) is 3.63. The van der Waals surface area contributed by atoms with Crippen molar-refractivity contribution in [1.29, 1.82) is 0 Å². The smallest absolute Gasteiger partial charge is 0.242 e. The number of unbranched alkanes of at least 4 members (excludes halogenated alkanes) is 9. The summed E-state index contributed by atoms with van der Waals surface area (Å²) in [6.07, 6.45) is -8.18. The molecule has 82 heavy (non-hydrogen) atoms. The highest BCUT2D eigenvalue weighted by atomic mass is 16.7. The van der Waals surface area contributed by atoms with Crippen LogP contribution in [0.4, 0.5) is 0 Å². The molecule has 3 heterocycles. The predicted molar refractivity (Wildman–Crippen MR) is 287 cm³/mol. The van der Waals surface area contributed by atoms with Crippen LogP contribution in [0.15, 0.2) is 0 Å². The van der Waals surface area contributed by atoms with E-state index in [9.17, 15) is 79.5 Å². The van der Waals surface area contributed by atoms with Gasteiger partial charge in [-0.3, -0.25) is 33.6 Å². The summed E-state index contributed by atoms with van der Waals surface area (Å²) in [6.45, 7) is 3.40. The summed E-state index contributed by atoms with van der Waals surface area (Å²) in [4.78, 5) is 87.5. The van der Waals surface area contributed by atoms with Crippen molar-refractivity contribution in [2.45, 2.75) is 228 Å². The number of nitrogens with two attached hydrogens (primary N) is 1. The quantitative estimate of drug-likeness (QED) is 0.0255. The van der Waals surface area contributed by atoms with Crippen molar-refractivity contribution < 1.29 is 108 Å². The molecular formula is C52H94N8O22. The van der Waals surface area contributed by atoms with E-state index >= 15 is 0 Å². The Kier molecular flexibility index (Phi) is 34.5. The first-order chi connectivity index (χ1) is 39.1. The van der Waals surface area contributed by atoms with E-state index in [1.165, 1.54) is 20.8 Å². The van der Waals surface area contributed by atoms with Gasteiger partial charge in [0.1, 0.15) is 79.1 Å². The molecule has 18 N–H and O–H groups in total. The van der Waals surface area contributed by atoms with Crippen LogP contribution < -0.4 is 43.0 Å². The van der Waals surface area contributed by atoms with E-state index in [1.807, 2.05) is 0 Å². The summed E-state index contributed by atoms with van der Waals surface area (Å²) < 4.78 is 33.9. The number of hydrogen-bond acceptors (Lipinski definition) is 23. The van der Waals surface area contributed by atoms with E-state index in [2.05, 4.69) is 37.2 Å². The Morgan fingerprint density at radius 3 is 1.12 bits per heavy atom. The molecule has 0 saturated carbocycles. The Balaban J connectivity index is 1.41. The lowest BCUT2D eigenvalue weighted by atomic mass is 9.97. The number of rotatable bonds is 39. The molecule has 474 valence electrons. The number of amides is 7. The fourth-order valence-corrected chi connectivity index (χ4v) is 9.40. The molecule has 30 nitrogen and oxygen atoms in total. The summed E-state index contributed by atoms with van der Waals surface area (Å²) in [7, 11) is 0. The minimum absolute atomic E-state index is 0.0417. The lowest BCUT2D eigenvalue weighted by Gasteiger charge is -2.42. The largest absolute Gasteiger partial charge is 0.394 e. The van der Waals surface area contributed by atoms with Crippen molar-refractivity contribution in [3.05, 3.63) is 0 Å². The molecule has 17 unspecified atom stereocenters. The van der Waals surface area contributed by atoms with Gasteiger partial charge in [-0.05, 0) is 51.4 Å². The van der Waals surface area contributed by atoms with Crippen LogP contribution in [0.5, 0.6) is 0 Å². The lowest BCUT2D eigenvalue weighted by molar-refractivity contribution is -0.270. The van der Waals surface area contributed by atoms with Crippen LogP contribution >= 0.6 is 0 Å². The van der Waals surface area contributed by atoms with Crippen LogP contribution in [-0.2, 0) is 62.0 Å². The fraction of sp³-hybridized carbons (Fsp3) is 0.865. The van der Waals surface area contributed by atoms with Gasteiger partial charge in [-0.15, -0.1) is 0 Å². The third-order valence-electron chi connectivity index (χ3n) is 14.1. The first-order valence-corrected chi connectivity index (χ1v) is 28.5. The lowest BCUT2D eigenvalue weighted by Crippen LogP contribution is -2.64. The van der Waals surface area contributed by atoms with Gasteiger partial charge in [0.25, 0.3) is 0 Å². The molecule has 3 rings (SSSR count). The number of carbonyl (C=O) groups excluding carboxylic acids is 7. The van der Waals surface area contributed by atoms with Gasteiger partial charge >= 0.3 is 0 Å². The third-order valence-corrected chi connectivity index (χ3v) is 14.1. The monoisotopic (exact) mass is 1180 g/mol. The Morgan fingerprint density at radius 2 is 0.768 bits per heavy atom. The van der Waals surface area contributed by atoms with E-state index in [1.54, 1.807) is 0 Å². The number of hydrogen-bond donors (Lipinski definition) is 17. The van der Waals surface area contributed by atoms with E-state index in [-0.39, 0.29) is 58.0 Å². The Morgan fingerprint density at radius 1 is 0.439 bits per heavy atom. The number of ether oxygens (including phenoxy) is 6. The zero-order chi connectivity index (χ0) is 60.7. The highest BCUT2D eigenvalue weighted by Crippen LogP contribution is 2.25. The first kappa shape index (κ1) is 71.9. The van der Waals surface area contributed by atoms with Gasteiger partial charge in [-0.2, -0.15) is 0 Å². The maximum atomic E-state index is 13.5. The predicted octanol–water partition coefficient (Wildman–Crippen LogP) is -5.73. The molecule has 0 aromatic rings. The van der Waals surface area contributed by atoms with Gasteiger partial charge in [-0.1, -0.05) is 38.5 Å². The second-order valence-electron chi connectivity index (χ2n) is 20.9. The minimum atomic E-state index is -1.44. The van der Waals surface area contributed by atoms with Crippen molar-refractivity contribution in [2.75, 3.05) is 59.3 Å². The molecule has 0 radical (unpaired) electrons. The molecule has 3 fully saturated rings. The van der Waals surface area contributed by atoms with E-state index in [4.69, 9.17) is 34.2 Å². The van der Waals surface area contributed by atoms with Crippen molar-refractivity contribution in [3.8, 4) is 0 Å². The Labute approximate surface area is 477 Å². The summed E-state index contributed by atoms with van der Waals surface area (Å²) in [5, 5.41) is 109. The van der Waals surface area contributed by atoms with E-state index in [0.717, 1.165) is 0 Å². The van der Waals surface area contributed by atoms with Crippen LogP contribution in [0.1, 0.15) is 124 Å². The van der Waals surface area contributed by atoms with Crippen molar-refractivity contribution >= 4 is 41.4 Å². The molecule has 3 aliphatic heterocycles. The minimum Gasteiger partial charge on any atom is -0.394 e. The van der Waals surface area contributed by atoms with Crippen LogP contribution in [0, 0.1) is 0 Å². The Hall–Kier alpha value is -4.35. The van der Waals surface area contributed by atoms with Gasteiger partial charge in [0.2, 0.25) is 41.4 Å². The molecule has 0 aromatic carbocycles. The van der Waals surface area contributed by atoms with Gasteiger partial charge in [0.15, 0.2) is 18.9 Å². The molecule has 7 amide bonds. The maximum absolute atomic E-state index is 13.5. The Bertz CT molecular complexity index is 1920. The van der Waals surface area contributed by atoms with Crippen LogP contribution in [-0.4, -0.2) is 251 Å². The van der Waals surface area contributed by atoms with Crippen molar-refractivity contribution in [2.24, 2.45) is 5.73 Å². The van der Waals surface area contributed by atoms with Crippen LogP contribution in [0.25, 0.3) is 0 Å². The molecule has 0 aliphatic carbocycles. The topological polar surface area (TPSA) is 467 Å².